The average molecular weight is 496 g/mol. The fourth-order valence-electron chi connectivity index (χ4n) is 4.46. The summed E-state index contributed by atoms with van der Waals surface area (Å²) in [6.45, 7) is 5.56. The highest BCUT2D eigenvalue weighted by atomic mass is 35.5. The van der Waals surface area contributed by atoms with Crippen LogP contribution in [0.25, 0.3) is 10.9 Å². The van der Waals surface area contributed by atoms with Crippen LogP contribution in [0.1, 0.15) is 36.7 Å². The molecule has 8 nitrogen and oxygen atoms in total. The monoisotopic (exact) mass is 495 g/mol. The first kappa shape index (κ1) is 24.5. The highest BCUT2D eigenvalue weighted by molar-refractivity contribution is 6.31. The van der Waals surface area contributed by atoms with Crippen LogP contribution in [0.4, 0.5) is 4.79 Å². The SMILES string of the molecule is CCOC(=O)N1CCc2c([nH]c3ccc(Cl)cc23)C1c1ccc(OCCN/C(C)=C\C(=N)N)cc1. The van der Waals surface area contributed by atoms with Crippen LogP contribution in [-0.4, -0.2) is 48.1 Å². The molecule has 2 heterocycles. The summed E-state index contributed by atoms with van der Waals surface area (Å²) in [4.78, 5) is 18.1. The van der Waals surface area contributed by atoms with Crippen molar-refractivity contribution in [3.8, 4) is 5.75 Å². The molecule has 1 aliphatic rings. The third kappa shape index (κ3) is 5.54. The number of carbonyl (C=O) groups excluding carboxylic acids is 1. The largest absolute Gasteiger partial charge is 0.492 e. The first-order valence-corrected chi connectivity index (χ1v) is 12.0. The number of aromatic nitrogens is 1. The summed E-state index contributed by atoms with van der Waals surface area (Å²) in [6, 6.07) is 13.3. The molecule has 184 valence electrons. The summed E-state index contributed by atoms with van der Waals surface area (Å²) in [7, 11) is 0. The molecular weight excluding hydrogens is 466 g/mol. The zero-order valence-corrected chi connectivity index (χ0v) is 20.6. The van der Waals surface area contributed by atoms with Gasteiger partial charge in [0.25, 0.3) is 0 Å². The van der Waals surface area contributed by atoms with Crippen molar-refractivity contribution < 1.29 is 14.3 Å². The Balaban J connectivity index is 1.55. The van der Waals surface area contributed by atoms with Crippen LogP contribution in [0.5, 0.6) is 5.75 Å². The van der Waals surface area contributed by atoms with Gasteiger partial charge in [-0.25, -0.2) is 4.79 Å². The lowest BCUT2D eigenvalue weighted by atomic mass is 9.92. The summed E-state index contributed by atoms with van der Waals surface area (Å²) >= 11 is 6.27. The summed E-state index contributed by atoms with van der Waals surface area (Å²) in [5, 5.41) is 12.2. The fraction of sp³-hybridized carbons (Fsp3) is 0.308. The van der Waals surface area contributed by atoms with Gasteiger partial charge in [-0.1, -0.05) is 23.7 Å². The number of amides is 1. The maximum Gasteiger partial charge on any atom is 0.410 e. The van der Waals surface area contributed by atoms with Gasteiger partial charge in [0.1, 0.15) is 24.2 Å². The molecule has 9 heteroatoms. The summed E-state index contributed by atoms with van der Waals surface area (Å²) < 4.78 is 11.2. The van der Waals surface area contributed by atoms with E-state index in [1.54, 1.807) is 11.0 Å². The minimum Gasteiger partial charge on any atom is -0.492 e. The number of ether oxygens (including phenoxy) is 2. The number of hydrogen-bond donors (Lipinski definition) is 4. The normalized spacial score (nSPS) is 15.6. The molecule has 0 bridgehead atoms. The number of allylic oxidation sites excluding steroid dienone is 1. The van der Waals surface area contributed by atoms with E-state index in [0.29, 0.717) is 31.3 Å². The molecule has 0 fully saturated rings. The van der Waals surface area contributed by atoms with E-state index in [2.05, 4.69) is 10.3 Å². The van der Waals surface area contributed by atoms with E-state index in [9.17, 15) is 4.79 Å². The second-order valence-electron chi connectivity index (χ2n) is 8.38. The first-order valence-electron chi connectivity index (χ1n) is 11.6. The Labute approximate surface area is 209 Å². The van der Waals surface area contributed by atoms with Gasteiger partial charge in [-0.15, -0.1) is 0 Å². The van der Waals surface area contributed by atoms with Gasteiger partial charge >= 0.3 is 6.09 Å². The van der Waals surface area contributed by atoms with Crippen LogP contribution in [0, 0.1) is 5.41 Å². The Kier molecular flexibility index (Phi) is 7.51. The first-order chi connectivity index (χ1) is 16.9. The lowest BCUT2D eigenvalue weighted by Crippen LogP contribution is -2.40. The Morgan fingerprint density at radius 1 is 1.31 bits per heavy atom. The lowest BCUT2D eigenvalue weighted by Gasteiger charge is -2.35. The van der Waals surface area contributed by atoms with Crippen molar-refractivity contribution in [3.05, 3.63) is 76.1 Å². The molecular formula is C26H30ClN5O3. The van der Waals surface area contributed by atoms with E-state index in [-0.39, 0.29) is 18.0 Å². The van der Waals surface area contributed by atoms with Gasteiger partial charge < -0.3 is 25.5 Å². The molecule has 1 aliphatic heterocycles. The number of fused-ring (bicyclic) bond motifs is 3. The van der Waals surface area contributed by atoms with Crippen molar-refractivity contribution >= 4 is 34.4 Å². The van der Waals surface area contributed by atoms with E-state index in [4.69, 9.17) is 32.2 Å². The third-order valence-electron chi connectivity index (χ3n) is 5.93. The van der Waals surface area contributed by atoms with Crippen molar-refractivity contribution in [2.75, 3.05) is 26.3 Å². The van der Waals surface area contributed by atoms with Crippen LogP contribution in [0.3, 0.4) is 0 Å². The van der Waals surface area contributed by atoms with Crippen molar-refractivity contribution in [1.29, 1.82) is 5.41 Å². The van der Waals surface area contributed by atoms with Crippen LogP contribution in [-0.2, 0) is 11.2 Å². The van der Waals surface area contributed by atoms with E-state index < -0.39 is 0 Å². The average Bonchev–Trinajstić information content (AvgIpc) is 3.19. The number of amidine groups is 1. The highest BCUT2D eigenvalue weighted by Gasteiger charge is 2.35. The molecule has 0 aliphatic carbocycles. The van der Waals surface area contributed by atoms with Crippen molar-refractivity contribution in [2.24, 2.45) is 5.73 Å². The number of H-pyrrole nitrogens is 1. The zero-order chi connectivity index (χ0) is 24.9. The minimum absolute atomic E-state index is 0.00676. The van der Waals surface area contributed by atoms with Crippen molar-refractivity contribution in [1.82, 2.24) is 15.2 Å². The molecule has 0 saturated carbocycles. The molecule has 1 aromatic heterocycles. The molecule has 4 rings (SSSR count). The Morgan fingerprint density at radius 2 is 2.09 bits per heavy atom. The van der Waals surface area contributed by atoms with Gasteiger partial charge in [0.05, 0.1) is 6.61 Å². The second kappa shape index (κ2) is 10.7. The molecule has 3 aromatic rings. The van der Waals surface area contributed by atoms with Gasteiger partial charge in [0, 0.05) is 40.4 Å². The number of nitrogens with zero attached hydrogens (tertiary/aromatic N) is 1. The predicted octanol–water partition coefficient (Wildman–Crippen LogP) is 4.73. The number of benzene rings is 2. The number of halogens is 1. The van der Waals surface area contributed by atoms with E-state index in [0.717, 1.165) is 40.0 Å². The van der Waals surface area contributed by atoms with Crippen LogP contribution < -0.4 is 15.8 Å². The van der Waals surface area contributed by atoms with Crippen molar-refractivity contribution in [2.45, 2.75) is 26.3 Å². The molecule has 5 N–H and O–H groups in total. The van der Waals surface area contributed by atoms with Crippen LogP contribution in [0.2, 0.25) is 5.02 Å². The Hall–Kier alpha value is -3.65. The summed E-state index contributed by atoms with van der Waals surface area (Å²) in [5.41, 5.74) is 10.3. The Bertz CT molecular complexity index is 1250. The quantitative estimate of drug-likeness (QED) is 0.205. The second-order valence-corrected chi connectivity index (χ2v) is 8.82. The van der Waals surface area contributed by atoms with Gasteiger partial charge in [0.2, 0.25) is 0 Å². The number of aromatic amines is 1. The number of carbonyl (C=O) groups is 1. The van der Waals surface area contributed by atoms with Crippen LogP contribution >= 0.6 is 11.6 Å². The molecule has 1 atom stereocenters. The molecule has 0 radical (unpaired) electrons. The third-order valence-corrected chi connectivity index (χ3v) is 6.17. The van der Waals surface area contributed by atoms with Crippen LogP contribution in [0.15, 0.2) is 54.2 Å². The lowest BCUT2D eigenvalue weighted by molar-refractivity contribution is 0.0932. The predicted molar refractivity (Wildman–Crippen MR) is 138 cm³/mol. The maximum absolute atomic E-state index is 12.8. The standard InChI is InChI=1S/C26H30ClN5O3/c1-3-34-26(33)32-12-10-20-21-15-18(27)6-9-22(21)31-24(20)25(32)17-4-7-19(8-5-17)35-13-11-30-16(2)14-23(28)29/h4-9,14-15,25,30-31H,3,10-13H2,1-2H3,(H3,28,29)/b16-14-. The van der Waals surface area contributed by atoms with Gasteiger partial charge in [0.15, 0.2) is 0 Å². The maximum atomic E-state index is 12.8. The van der Waals surface area contributed by atoms with Gasteiger partial charge in [-0.2, -0.15) is 0 Å². The van der Waals surface area contributed by atoms with Gasteiger partial charge in [-0.05, 0) is 67.8 Å². The molecule has 1 unspecified atom stereocenters. The molecule has 1 amide bonds. The molecule has 2 aromatic carbocycles. The number of nitrogens with one attached hydrogen (secondary N) is 3. The number of hydrogen-bond acceptors (Lipinski definition) is 5. The Morgan fingerprint density at radius 3 is 2.80 bits per heavy atom. The van der Waals surface area contributed by atoms with E-state index >= 15 is 0 Å². The zero-order valence-electron chi connectivity index (χ0n) is 19.9. The van der Waals surface area contributed by atoms with E-state index in [1.807, 2.05) is 56.3 Å². The van der Waals surface area contributed by atoms with Crippen molar-refractivity contribution in [3.63, 3.8) is 0 Å². The smallest absolute Gasteiger partial charge is 0.410 e. The fourth-order valence-corrected chi connectivity index (χ4v) is 4.63. The molecule has 35 heavy (non-hydrogen) atoms. The van der Waals surface area contributed by atoms with Gasteiger partial charge in [-0.3, -0.25) is 10.3 Å². The number of rotatable bonds is 8. The highest BCUT2D eigenvalue weighted by Crippen LogP contribution is 2.39. The number of nitrogens with two attached hydrogens (primary N) is 1. The topological polar surface area (TPSA) is 116 Å². The molecule has 0 saturated heterocycles. The summed E-state index contributed by atoms with van der Waals surface area (Å²) in [5.74, 6) is 0.734. The molecule has 0 spiro atoms. The van der Waals surface area contributed by atoms with E-state index in [1.165, 1.54) is 5.56 Å². The minimum atomic E-state index is -0.333. The summed E-state index contributed by atoms with van der Waals surface area (Å²) in [6.07, 6.45) is 1.94.